The number of nitro groups is 1. The molecule has 2 heterocycles. The van der Waals surface area contributed by atoms with Gasteiger partial charge in [0, 0.05) is 34.0 Å². The molecule has 0 saturated carbocycles. The molecule has 8 nitrogen and oxygen atoms in total. The fourth-order valence-electron chi connectivity index (χ4n) is 3.02. The second-order valence-electron chi connectivity index (χ2n) is 5.89. The number of benzene rings is 2. The number of carboxylic acids is 1. The summed E-state index contributed by atoms with van der Waals surface area (Å²) in [7, 11) is 0. The van der Waals surface area contributed by atoms with Crippen molar-refractivity contribution in [3.63, 3.8) is 0 Å². The summed E-state index contributed by atoms with van der Waals surface area (Å²) >= 11 is 0. The Labute approximate surface area is 151 Å². The Morgan fingerprint density at radius 1 is 1.04 bits per heavy atom. The number of nitrogens with one attached hydrogen (secondary N) is 1. The minimum atomic E-state index is -1.27. The number of rotatable bonds is 4. The van der Waals surface area contributed by atoms with E-state index in [-0.39, 0.29) is 22.6 Å². The van der Waals surface area contributed by atoms with Gasteiger partial charge in [0.05, 0.1) is 10.4 Å². The standard InChI is InChI=1S/C19H11N3O5/c23-18(10-4-3-5-11(8-10)22(26)27)17-16-13(9-15(21-17)19(24)25)12-6-1-2-7-14(12)20-16/h1-9,20H,(H,24,25). The molecule has 0 saturated heterocycles. The smallest absolute Gasteiger partial charge is 0.354 e. The number of pyridine rings is 1. The number of carbonyl (C=O) groups is 2. The van der Waals surface area contributed by atoms with Crippen LogP contribution >= 0.6 is 0 Å². The molecular formula is C19H11N3O5. The van der Waals surface area contributed by atoms with Crippen LogP contribution in [0.15, 0.2) is 54.6 Å². The number of nitrogens with zero attached hydrogens (tertiary/aromatic N) is 2. The van der Waals surface area contributed by atoms with E-state index >= 15 is 0 Å². The monoisotopic (exact) mass is 361 g/mol. The minimum absolute atomic E-state index is 0.0548. The molecule has 0 aliphatic rings. The normalized spacial score (nSPS) is 11.0. The highest BCUT2D eigenvalue weighted by atomic mass is 16.6. The number of fused-ring (bicyclic) bond motifs is 3. The summed E-state index contributed by atoms with van der Waals surface area (Å²) in [6.07, 6.45) is 0. The Kier molecular flexibility index (Phi) is 3.66. The number of carbonyl (C=O) groups excluding carboxylic acids is 1. The van der Waals surface area contributed by atoms with Crippen molar-refractivity contribution < 1.29 is 19.6 Å². The van der Waals surface area contributed by atoms with Gasteiger partial charge in [-0.15, -0.1) is 0 Å². The number of nitro benzene ring substituents is 1. The molecule has 0 atom stereocenters. The van der Waals surface area contributed by atoms with Crippen molar-refractivity contribution in [2.45, 2.75) is 0 Å². The van der Waals surface area contributed by atoms with Crippen molar-refractivity contribution in [1.29, 1.82) is 0 Å². The summed E-state index contributed by atoms with van der Waals surface area (Å²) in [5.41, 5.74) is 0.563. The third-order valence-electron chi connectivity index (χ3n) is 4.25. The number of H-pyrrole nitrogens is 1. The van der Waals surface area contributed by atoms with Gasteiger partial charge in [-0.05, 0) is 12.1 Å². The van der Waals surface area contributed by atoms with Gasteiger partial charge in [0.1, 0.15) is 11.4 Å². The van der Waals surface area contributed by atoms with Gasteiger partial charge in [-0.2, -0.15) is 0 Å². The molecule has 2 N–H and O–H groups in total. The van der Waals surface area contributed by atoms with E-state index in [9.17, 15) is 24.8 Å². The van der Waals surface area contributed by atoms with Crippen LogP contribution in [0, 0.1) is 10.1 Å². The lowest BCUT2D eigenvalue weighted by Gasteiger charge is -2.04. The van der Waals surface area contributed by atoms with Crippen LogP contribution in [0.1, 0.15) is 26.5 Å². The van der Waals surface area contributed by atoms with E-state index in [4.69, 9.17) is 0 Å². The zero-order valence-corrected chi connectivity index (χ0v) is 13.7. The maximum absolute atomic E-state index is 13.0. The predicted octanol–water partition coefficient (Wildman–Crippen LogP) is 3.55. The first-order valence-electron chi connectivity index (χ1n) is 7.89. The molecule has 0 aliphatic heterocycles. The lowest BCUT2D eigenvalue weighted by molar-refractivity contribution is -0.384. The minimum Gasteiger partial charge on any atom is -0.477 e. The van der Waals surface area contributed by atoms with Crippen LogP contribution in [0.3, 0.4) is 0 Å². The van der Waals surface area contributed by atoms with Crippen LogP contribution in [-0.2, 0) is 0 Å². The number of aromatic amines is 1. The van der Waals surface area contributed by atoms with Gasteiger partial charge in [-0.3, -0.25) is 14.9 Å². The summed E-state index contributed by atoms with van der Waals surface area (Å²) in [5, 5.41) is 21.7. The molecule has 0 amide bonds. The van der Waals surface area contributed by atoms with Gasteiger partial charge in [-0.25, -0.2) is 9.78 Å². The lowest BCUT2D eigenvalue weighted by Crippen LogP contribution is -2.10. The van der Waals surface area contributed by atoms with Gasteiger partial charge >= 0.3 is 5.97 Å². The molecule has 132 valence electrons. The van der Waals surface area contributed by atoms with Crippen LogP contribution in [-0.4, -0.2) is 31.8 Å². The Bertz CT molecular complexity index is 1260. The Morgan fingerprint density at radius 3 is 2.56 bits per heavy atom. The lowest BCUT2D eigenvalue weighted by atomic mass is 10.0. The second-order valence-corrected chi connectivity index (χ2v) is 5.89. The van der Waals surface area contributed by atoms with Crippen molar-refractivity contribution in [1.82, 2.24) is 9.97 Å². The van der Waals surface area contributed by atoms with Gasteiger partial charge in [0.25, 0.3) is 5.69 Å². The van der Waals surface area contributed by atoms with Crippen LogP contribution in [0.25, 0.3) is 21.8 Å². The van der Waals surface area contributed by atoms with Crippen LogP contribution < -0.4 is 0 Å². The van der Waals surface area contributed by atoms with Gasteiger partial charge in [-0.1, -0.05) is 30.3 Å². The number of aromatic carboxylic acids is 1. The molecule has 27 heavy (non-hydrogen) atoms. The second kappa shape index (κ2) is 6.03. The Hall–Kier alpha value is -4.07. The van der Waals surface area contributed by atoms with Crippen molar-refractivity contribution in [2.75, 3.05) is 0 Å². The molecular weight excluding hydrogens is 350 g/mol. The molecule has 0 radical (unpaired) electrons. The largest absolute Gasteiger partial charge is 0.477 e. The average molecular weight is 361 g/mol. The maximum Gasteiger partial charge on any atom is 0.354 e. The number of aromatic nitrogens is 2. The Balaban J connectivity index is 2.00. The molecule has 4 aromatic rings. The third kappa shape index (κ3) is 2.69. The van der Waals surface area contributed by atoms with Crippen LogP contribution in [0.5, 0.6) is 0 Å². The van der Waals surface area contributed by atoms with E-state index in [0.29, 0.717) is 10.9 Å². The van der Waals surface area contributed by atoms with Gasteiger partial charge in [0.15, 0.2) is 0 Å². The number of hydrogen-bond acceptors (Lipinski definition) is 5. The van der Waals surface area contributed by atoms with Crippen LogP contribution in [0.2, 0.25) is 0 Å². The fraction of sp³-hybridized carbons (Fsp3) is 0. The molecule has 4 rings (SSSR count). The van der Waals surface area contributed by atoms with Crippen molar-refractivity contribution >= 4 is 39.2 Å². The highest BCUT2D eigenvalue weighted by Crippen LogP contribution is 2.29. The van der Waals surface area contributed by atoms with E-state index < -0.39 is 16.7 Å². The molecule has 0 unspecified atom stereocenters. The zero-order valence-electron chi connectivity index (χ0n) is 13.7. The summed E-state index contributed by atoms with van der Waals surface area (Å²) in [5.74, 6) is -1.87. The summed E-state index contributed by atoms with van der Waals surface area (Å²) in [6.45, 7) is 0. The first-order chi connectivity index (χ1) is 13.0. The number of para-hydroxylation sites is 1. The van der Waals surface area contributed by atoms with Gasteiger partial charge < -0.3 is 10.1 Å². The molecule has 0 fully saturated rings. The van der Waals surface area contributed by atoms with E-state index in [1.165, 1.54) is 24.3 Å². The van der Waals surface area contributed by atoms with Crippen molar-refractivity contribution in [3.05, 3.63) is 81.7 Å². The molecule has 0 spiro atoms. The predicted molar refractivity (Wildman–Crippen MR) is 97.1 cm³/mol. The number of hydrogen-bond donors (Lipinski definition) is 2. The first-order valence-corrected chi connectivity index (χ1v) is 7.89. The number of ketones is 1. The quantitative estimate of drug-likeness (QED) is 0.325. The topological polar surface area (TPSA) is 126 Å². The Morgan fingerprint density at radius 2 is 1.81 bits per heavy atom. The maximum atomic E-state index is 13.0. The first kappa shape index (κ1) is 16.4. The highest BCUT2D eigenvalue weighted by molar-refractivity contribution is 6.20. The van der Waals surface area contributed by atoms with Crippen molar-refractivity contribution in [2.24, 2.45) is 0 Å². The molecule has 2 aromatic carbocycles. The van der Waals surface area contributed by atoms with Crippen molar-refractivity contribution in [3.8, 4) is 0 Å². The van der Waals surface area contributed by atoms with E-state index in [1.54, 1.807) is 18.2 Å². The SMILES string of the molecule is O=C(O)c1cc2c([nH]c3ccccc32)c(C(=O)c2cccc([N+](=O)[O-])c2)n1. The average Bonchev–Trinajstić information content (AvgIpc) is 3.05. The molecule has 2 aromatic heterocycles. The zero-order chi connectivity index (χ0) is 19.1. The molecule has 8 heteroatoms. The number of carboxylic acid groups (broad SMARTS) is 1. The van der Waals surface area contributed by atoms with E-state index in [1.807, 2.05) is 6.07 Å². The van der Waals surface area contributed by atoms with E-state index in [2.05, 4.69) is 9.97 Å². The summed E-state index contributed by atoms with van der Waals surface area (Å²) < 4.78 is 0. The third-order valence-corrected chi connectivity index (χ3v) is 4.25. The van der Waals surface area contributed by atoms with Crippen LogP contribution in [0.4, 0.5) is 5.69 Å². The van der Waals surface area contributed by atoms with E-state index in [0.717, 1.165) is 17.0 Å². The molecule has 0 aliphatic carbocycles. The van der Waals surface area contributed by atoms with Gasteiger partial charge in [0.2, 0.25) is 5.78 Å². The summed E-state index contributed by atoms with van der Waals surface area (Å²) in [4.78, 5) is 41.9. The highest BCUT2D eigenvalue weighted by Gasteiger charge is 2.22. The molecule has 0 bridgehead atoms. The fourth-order valence-corrected chi connectivity index (χ4v) is 3.02. The summed E-state index contributed by atoms with van der Waals surface area (Å²) in [6, 6.07) is 13.9. The number of non-ortho nitro benzene ring substituents is 1.